The first kappa shape index (κ1) is 32.1. The molecular weight excluding hydrogens is 635 g/mol. The Morgan fingerprint density at radius 3 is 1.39 bits per heavy atom. The molecule has 4 heterocycles. The number of thiophene rings is 2. The lowest BCUT2D eigenvalue weighted by Crippen LogP contribution is -2.42. The highest BCUT2D eigenvalue weighted by molar-refractivity contribution is 7.10. The molecule has 0 N–H and O–H groups in total. The van der Waals surface area contributed by atoms with Crippen molar-refractivity contribution in [2.45, 2.75) is 37.9 Å². The summed E-state index contributed by atoms with van der Waals surface area (Å²) in [7, 11) is 0. The number of piperidine rings is 2. The first-order chi connectivity index (χ1) is 22.4. The Hall–Kier alpha value is -3.84. The Kier molecular flexibility index (Phi) is 10.6. The summed E-state index contributed by atoms with van der Waals surface area (Å²) in [6.07, 6.45) is 2.05. The average Bonchev–Trinajstić information content (AvgIpc) is 3.79. The Morgan fingerprint density at radius 1 is 0.630 bits per heavy atom. The summed E-state index contributed by atoms with van der Waals surface area (Å²) < 4.78 is 40.0. The minimum Gasteiger partial charge on any atom is -0.485 e. The van der Waals surface area contributed by atoms with Crippen molar-refractivity contribution in [3.8, 4) is 11.5 Å². The number of hydrogen-bond acceptors (Lipinski definition) is 10. The molecule has 46 heavy (non-hydrogen) atoms. The highest BCUT2D eigenvalue weighted by Crippen LogP contribution is 2.38. The third-order valence-corrected chi connectivity index (χ3v) is 10.1. The fraction of sp³-hybridized carbons (Fsp3) is 0.353. The molecule has 2 aromatic heterocycles. The predicted octanol–water partition coefficient (Wildman–Crippen LogP) is 7.37. The molecule has 0 aliphatic carbocycles. The van der Waals surface area contributed by atoms with Crippen LogP contribution in [0.2, 0.25) is 0 Å². The fourth-order valence-electron chi connectivity index (χ4n) is 5.90. The van der Waals surface area contributed by atoms with E-state index in [9.17, 15) is 18.4 Å². The van der Waals surface area contributed by atoms with E-state index in [1.807, 2.05) is 35.0 Å². The van der Waals surface area contributed by atoms with Gasteiger partial charge in [0, 0.05) is 59.9 Å². The van der Waals surface area contributed by atoms with Crippen molar-refractivity contribution in [3.05, 3.63) is 105 Å². The summed E-state index contributed by atoms with van der Waals surface area (Å²) in [5.74, 6) is -1.74. The fourth-order valence-corrected chi connectivity index (χ4v) is 7.59. The Morgan fingerprint density at radius 2 is 1.04 bits per heavy atom. The van der Waals surface area contributed by atoms with Crippen molar-refractivity contribution in [1.29, 1.82) is 0 Å². The molecule has 242 valence electrons. The summed E-state index contributed by atoms with van der Waals surface area (Å²) in [4.78, 5) is 38.1. The second-order valence-electron chi connectivity index (χ2n) is 11.3. The van der Waals surface area contributed by atoms with Gasteiger partial charge in [0.25, 0.3) is 0 Å². The van der Waals surface area contributed by atoms with Crippen molar-refractivity contribution >= 4 is 34.6 Å². The van der Waals surface area contributed by atoms with Crippen molar-refractivity contribution in [2.75, 3.05) is 26.2 Å². The molecule has 2 atom stereocenters. The minimum absolute atomic E-state index is 0.105. The number of carbonyl (C=O) groups is 2. The highest BCUT2D eigenvalue weighted by Gasteiger charge is 2.35. The van der Waals surface area contributed by atoms with Gasteiger partial charge in [-0.25, -0.2) is 18.4 Å². The lowest BCUT2D eigenvalue weighted by molar-refractivity contribution is -0.224. The summed E-state index contributed by atoms with van der Waals surface area (Å²) in [5.41, 5.74) is 0. The number of halogens is 2. The zero-order valence-electron chi connectivity index (χ0n) is 25.0. The maximum atomic E-state index is 13.8. The number of nitrogens with zero attached hydrogens (tertiary/aromatic N) is 2. The van der Waals surface area contributed by atoms with Crippen molar-refractivity contribution in [1.82, 2.24) is 10.1 Å². The Bertz CT molecular complexity index is 1450. The molecule has 2 fully saturated rings. The van der Waals surface area contributed by atoms with Crippen LogP contribution in [0, 0.1) is 23.5 Å². The molecule has 2 aliphatic rings. The summed E-state index contributed by atoms with van der Waals surface area (Å²) in [5, 5.41) is 6.92. The third kappa shape index (κ3) is 8.30. The van der Waals surface area contributed by atoms with Gasteiger partial charge in [-0.1, -0.05) is 24.3 Å². The Labute approximate surface area is 274 Å². The molecule has 2 saturated heterocycles. The minimum atomic E-state index is -1.07. The summed E-state index contributed by atoms with van der Waals surface area (Å²) in [6, 6.07) is 20.1. The maximum Gasteiger partial charge on any atom is 0.438 e. The molecule has 2 aliphatic heterocycles. The van der Waals surface area contributed by atoms with Gasteiger partial charge >= 0.3 is 11.9 Å². The van der Waals surface area contributed by atoms with Gasteiger partial charge in [-0.3, -0.25) is 0 Å². The molecule has 0 bridgehead atoms. The zero-order chi connectivity index (χ0) is 31.9. The molecule has 8 nitrogen and oxygen atoms in total. The molecule has 0 amide bonds. The topological polar surface area (TPSA) is 77.5 Å². The highest BCUT2D eigenvalue weighted by atomic mass is 32.1. The van der Waals surface area contributed by atoms with E-state index in [-0.39, 0.29) is 35.7 Å². The average molecular weight is 669 g/mol. The second kappa shape index (κ2) is 15.2. The molecule has 2 unspecified atom stereocenters. The van der Waals surface area contributed by atoms with Crippen LogP contribution in [0.15, 0.2) is 83.6 Å². The Balaban J connectivity index is 0.972. The van der Waals surface area contributed by atoms with Gasteiger partial charge in [0.2, 0.25) is 0 Å². The third-order valence-electron chi connectivity index (χ3n) is 8.21. The van der Waals surface area contributed by atoms with Crippen LogP contribution in [0.25, 0.3) is 0 Å². The lowest BCUT2D eigenvalue weighted by atomic mass is 9.91. The van der Waals surface area contributed by atoms with Gasteiger partial charge in [0.1, 0.15) is 35.3 Å². The van der Waals surface area contributed by atoms with Crippen molar-refractivity contribution < 1.29 is 37.5 Å². The van der Waals surface area contributed by atoms with Gasteiger partial charge in [-0.2, -0.15) is 0 Å². The van der Waals surface area contributed by atoms with E-state index >= 15 is 0 Å². The van der Waals surface area contributed by atoms with Gasteiger partial charge in [-0.05, 0) is 72.8 Å². The standard InChI is InChI=1S/C34H34F2N2O6S2/c35-25-5-1-7-27(21-25)41-31(29-9-3-19-45-29)23-11-15-37(16-12-23)43-33(39)34(40)44-38-17-13-24(14-18-38)32(30-10-4-20-46-30)42-28-8-2-6-26(36)22-28/h1-10,19-24,31-32H,11-18H2. The number of hydroxylamine groups is 4. The predicted molar refractivity (Wildman–Crippen MR) is 169 cm³/mol. The molecule has 12 heteroatoms. The van der Waals surface area contributed by atoms with E-state index in [4.69, 9.17) is 19.1 Å². The number of rotatable bonds is 10. The van der Waals surface area contributed by atoms with Crippen molar-refractivity contribution in [2.24, 2.45) is 11.8 Å². The largest absolute Gasteiger partial charge is 0.485 e. The second-order valence-corrected chi connectivity index (χ2v) is 13.3. The first-order valence-electron chi connectivity index (χ1n) is 15.3. The number of hydrogen-bond donors (Lipinski definition) is 0. The quantitative estimate of drug-likeness (QED) is 0.162. The van der Waals surface area contributed by atoms with Crippen molar-refractivity contribution in [3.63, 3.8) is 0 Å². The normalized spacial score (nSPS) is 18.0. The number of ether oxygens (including phenoxy) is 2. The van der Waals surface area contributed by atoms with E-state index in [0.717, 1.165) is 9.75 Å². The molecule has 0 spiro atoms. The molecule has 6 rings (SSSR count). The molecule has 0 saturated carbocycles. The maximum absolute atomic E-state index is 13.8. The molecule has 2 aromatic carbocycles. The van der Waals surface area contributed by atoms with E-state index in [1.54, 1.807) is 46.9 Å². The van der Waals surface area contributed by atoms with E-state index in [1.165, 1.54) is 34.4 Å². The SMILES string of the molecule is O=C(ON1CCC(C(Oc2cccc(F)c2)c2cccs2)CC1)C(=O)ON1CCC(C(Oc2cccc(F)c2)c2cccs2)CC1. The van der Waals surface area contributed by atoms with E-state index in [0.29, 0.717) is 63.4 Å². The van der Waals surface area contributed by atoms with Crippen LogP contribution in [0.5, 0.6) is 11.5 Å². The molecule has 4 aromatic rings. The number of carbonyl (C=O) groups excluding carboxylic acids is 2. The van der Waals surface area contributed by atoms with Gasteiger partial charge in [0.15, 0.2) is 0 Å². The van der Waals surface area contributed by atoms with Gasteiger partial charge < -0.3 is 19.1 Å². The van der Waals surface area contributed by atoms with Crippen LogP contribution in [0.4, 0.5) is 8.78 Å². The zero-order valence-corrected chi connectivity index (χ0v) is 26.6. The van der Waals surface area contributed by atoms with Gasteiger partial charge in [0.05, 0.1) is 0 Å². The summed E-state index contributed by atoms with van der Waals surface area (Å²) in [6.45, 7) is 1.66. The number of benzene rings is 2. The molecule has 0 radical (unpaired) electrons. The van der Waals surface area contributed by atoms with Crippen LogP contribution in [0.3, 0.4) is 0 Å². The smallest absolute Gasteiger partial charge is 0.438 e. The van der Waals surface area contributed by atoms with E-state index in [2.05, 4.69) is 0 Å². The van der Waals surface area contributed by atoms with Crippen LogP contribution < -0.4 is 9.47 Å². The first-order valence-corrected chi connectivity index (χ1v) is 17.0. The van der Waals surface area contributed by atoms with Crippen LogP contribution in [-0.2, 0) is 19.3 Å². The van der Waals surface area contributed by atoms with Crippen LogP contribution >= 0.6 is 22.7 Å². The summed E-state index contributed by atoms with van der Waals surface area (Å²) >= 11 is 3.16. The lowest BCUT2D eigenvalue weighted by Gasteiger charge is -2.35. The van der Waals surface area contributed by atoms with Crippen LogP contribution in [0.1, 0.15) is 47.6 Å². The van der Waals surface area contributed by atoms with E-state index < -0.39 is 11.9 Å². The van der Waals surface area contributed by atoms with Crippen LogP contribution in [-0.4, -0.2) is 48.2 Å². The molecular formula is C34H34F2N2O6S2. The monoisotopic (exact) mass is 668 g/mol. The van der Waals surface area contributed by atoms with Gasteiger partial charge in [-0.15, -0.1) is 32.8 Å².